The molecule has 1 saturated heterocycles. The molecule has 1 rings (SSSR count). The molecule has 0 spiro atoms. The van der Waals surface area contributed by atoms with Crippen LogP contribution in [0, 0.1) is 11.3 Å². The van der Waals surface area contributed by atoms with Crippen molar-refractivity contribution >= 4 is 5.97 Å². The molecule has 88 valence electrons. The summed E-state index contributed by atoms with van der Waals surface area (Å²) in [7, 11) is 1.41. The Balaban J connectivity index is 3.08. The molecule has 15 heavy (non-hydrogen) atoms. The zero-order valence-electron chi connectivity index (χ0n) is 10.8. The fraction of sp³-hybridized carbons (Fsp3) is 0.917. The highest BCUT2D eigenvalue weighted by Gasteiger charge is 2.78. The quantitative estimate of drug-likeness (QED) is 0.523. The summed E-state index contributed by atoms with van der Waals surface area (Å²) < 4.78 is 10.7. The van der Waals surface area contributed by atoms with Gasteiger partial charge < -0.3 is 9.47 Å². The van der Waals surface area contributed by atoms with Crippen molar-refractivity contribution in [2.75, 3.05) is 7.11 Å². The monoisotopic (exact) mass is 214 g/mol. The first-order chi connectivity index (χ1) is 6.63. The lowest BCUT2D eigenvalue weighted by atomic mass is 9.70. The number of rotatable bonds is 2. The molecular formula is C12H22O3. The van der Waals surface area contributed by atoms with Gasteiger partial charge in [-0.25, -0.2) is 4.79 Å². The molecule has 0 N–H and O–H groups in total. The number of esters is 1. The third-order valence-electron chi connectivity index (χ3n) is 3.77. The summed E-state index contributed by atoms with van der Waals surface area (Å²) >= 11 is 0. The van der Waals surface area contributed by atoms with Crippen LogP contribution >= 0.6 is 0 Å². The highest BCUT2D eigenvalue weighted by molar-refractivity contribution is 5.85. The van der Waals surface area contributed by atoms with Crippen LogP contribution in [0.2, 0.25) is 0 Å². The topological polar surface area (TPSA) is 38.8 Å². The number of epoxide rings is 1. The maximum atomic E-state index is 11.9. The standard InChI is InChI=1S/C12H22O3/c1-8(2)12(9(13)14-7)11(6,15-12)10(3,4)5/h8H,1-7H3. The fourth-order valence-corrected chi connectivity index (χ4v) is 2.30. The van der Waals surface area contributed by atoms with E-state index >= 15 is 0 Å². The van der Waals surface area contributed by atoms with E-state index in [4.69, 9.17) is 9.47 Å². The van der Waals surface area contributed by atoms with Gasteiger partial charge in [-0.05, 0) is 18.3 Å². The summed E-state index contributed by atoms with van der Waals surface area (Å²) in [6, 6.07) is 0. The SMILES string of the molecule is COC(=O)C1(C(C)C)OC1(C)C(C)(C)C. The molecule has 0 saturated carbocycles. The minimum Gasteiger partial charge on any atom is -0.467 e. The van der Waals surface area contributed by atoms with Gasteiger partial charge in [0.25, 0.3) is 0 Å². The van der Waals surface area contributed by atoms with Gasteiger partial charge in [0.2, 0.25) is 0 Å². The van der Waals surface area contributed by atoms with E-state index in [2.05, 4.69) is 20.8 Å². The summed E-state index contributed by atoms with van der Waals surface area (Å²) in [6.45, 7) is 12.2. The van der Waals surface area contributed by atoms with Crippen LogP contribution in [0.25, 0.3) is 0 Å². The van der Waals surface area contributed by atoms with Gasteiger partial charge in [-0.15, -0.1) is 0 Å². The number of hydrogen-bond acceptors (Lipinski definition) is 3. The van der Waals surface area contributed by atoms with E-state index in [-0.39, 0.29) is 17.3 Å². The Morgan fingerprint density at radius 1 is 1.33 bits per heavy atom. The van der Waals surface area contributed by atoms with Crippen LogP contribution in [0.3, 0.4) is 0 Å². The molecule has 0 amide bonds. The molecule has 0 aromatic heterocycles. The average Bonchev–Trinajstić information content (AvgIpc) is 2.73. The van der Waals surface area contributed by atoms with Gasteiger partial charge in [0.15, 0.2) is 5.60 Å². The van der Waals surface area contributed by atoms with Crippen molar-refractivity contribution in [2.45, 2.75) is 52.7 Å². The number of ether oxygens (including phenoxy) is 2. The number of methoxy groups -OCH3 is 1. The molecule has 3 nitrogen and oxygen atoms in total. The largest absolute Gasteiger partial charge is 0.467 e. The van der Waals surface area contributed by atoms with Crippen LogP contribution in [-0.4, -0.2) is 24.3 Å². The highest BCUT2D eigenvalue weighted by atomic mass is 16.7. The van der Waals surface area contributed by atoms with E-state index in [1.165, 1.54) is 7.11 Å². The Morgan fingerprint density at radius 3 is 2.00 bits per heavy atom. The lowest BCUT2D eigenvalue weighted by molar-refractivity contribution is -0.148. The van der Waals surface area contributed by atoms with Crippen LogP contribution in [0.15, 0.2) is 0 Å². The molecule has 3 heteroatoms. The van der Waals surface area contributed by atoms with E-state index in [0.29, 0.717) is 0 Å². The Kier molecular flexibility index (Phi) is 2.67. The maximum absolute atomic E-state index is 11.9. The lowest BCUT2D eigenvalue weighted by Gasteiger charge is -2.28. The number of carbonyl (C=O) groups is 1. The smallest absolute Gasteiger partial charge is 0.341 e. The van der Waals surface area contributed by atoms with Crippen molar-refractivity contribution in [1.29, 1.82) is 0 Å². The second-order valence-electron chi connectivity index (χ2n) is 5.77. The summed E-state index contributed by atoms with van der Waals surface area (Å²) in [4.78, 5) is 11.9. The first kappa shape index (κ1) is 12.5. The van der Waals surface area contributed by atoms with Crippen molar-refractivity contribution < 1.29 is 14.3 Å². The molecule has 1 heterocycles. The fourth-order valence-electron chi connectivity index (χ4n) is 2.30. The molecule has 2 atom stereocenters. The van der Waals surface area contributed by atoms with Crippen molar-refractivity contribution in [2.24, 2.45) is 11.3 Å². The van der Waals surface area contributed by atoms with E-state index in [9.17, 15) is 4.79 Å². The van der Waals surface area contributed by atoms with E-state index in [0.717, 1.165) is 0 Å². The molecule has 0 bridgehead atoms. The first-order valence-corrected chi connectivity index (χ1v) is 5.42. The Hall–Kier alpha value is -0.570. The van der Waals surface area contributed by atoms with Gasteiger partial charge in [-0.2, -0.15) is 0 Å². The van der Waals surface area contributed by atoms with Crippen molar-refractivity contribution in [1.82, 2.24) is 0 Å². The van der Waals surface area contributed by atoms with Gasteiger partial charge in [0, 0.05) is 0 Å². The summed E-state index contributed by atoms with van der Waals surface area (Å²) in [5, 5.41) is 0. The Morgan fingerprint density at radius 2 is 1.80 bits per heavy atom. The van der Waals surface area contributed by atoms with Gasteiger partial charge in [0.05, 0.1) is 7.11 Å². The second kappa shape index (κ2) is 3.21. The Bertz CT molecular complexity index is 277. The van der Waals surface area contributed by atoms with Gasteiger partial charge in [-0.3, -0.25) is 0 Å². The second-order valence-corrected chi connectivity index (χ2v) is 5.77. The molecule has 2 unspecified atom stereocenters. The van der Waals surface area contributed by atoms with Crippen LogP contribution in [0.5, 0.6) is 0 Å². The van der Waals surface area contributed by atoms with Crippen LogP contribution < -0.4 is 0 Å². The summed E-state index contributed by atoms with van der Waals surface area (Å²) in [6.07, 6.45) is 0. The minimum atomic E-state index is -0.764. The third-order valence-corrected chi connectivity index (χ3v) is 3.77. The van der Waals surface area contributed by atoms with Gasteiger partial charge in [0.1, 0.15) is 5.60 Å². The highest BCUT2D eigenvalue weighted by Crippen LogP contribution is 2.61. The normalized spacial score (nSPS) is 35.5. The molecule has 0 aromatic carbocycles. The van der Waals surface area contributed by atoms with E-state index in [1.54, 1.807) is 0 Å². The van der Waals surface area contributed by atoms with E-state index < -0.39 is 11.2 Å². The molecule has 0 aromatic rings. The summed E-state index contributed by atoms with van der Waals surface area (Å²) in [5.74, 6) is -0.135. The predicted octanol–water partition coefficient (Wildman–Crippen LogP) is 2.39. The van der Waals surface area contributed by atoms with Gasteiger partial charge in [-0.1, -0.05) is 34.6 Å². The van der Waals surface area contributed by atoms with E-state index in [1.807, 2.05) is 20.8 Å². The predicted molar refractivity (Wildman–Crippen MR) is 58.5 cm³/mol. The molecule has 1 fully saturated rings. The zero-order valence-corrected chi connectivity index (χ0v) is 10.8. The van der Waals surface area contributed by atoms with Crippen LogP contribution in [-0.2, 0) is 14.3 Å². The minimum absolute atomic E-state index is 0.0779. The van der Waals surface area contributed by atoms with Crippen LogP contribution in [0.4, 0.5) is 0 Å². The van der Waals surface area contributed by atoms with Crippen molar-refractivity contribution in [3.63, 3.8) is 0 Å². The average molecular weight is 214 g/mol. The molecule has 1 aliphatic heterocycles. The molecular weight excluding hydrogens is 192 g/mol. The zero-order chi connectivity index (χ0) is 12.1. The number of carbonyl (C=O) groups excluding carboxylic acids is 1. The van der Waals surface area contributed by atoms with Crippen LogP contribution in [0.1, 0.15) is 41.5 Å². The van der Waals surface area contributed by atoms with Crippen molar-refractivity contribution in [3.05, 3.63) is 0 Å². The number of hydrogen-bond donors (Lipinski definition) is 0. The molecule has 0 aliphatic carbocycles. The van der Waals surface area contributed by atoms with Gasteiger partial charge >= 0.3 is 5.97 Å². The lowest BCUT2D eigenvalue weighted by Crippen LogP contribution is -2.44. The summed E-state index contributed by atoms with van der Waals surface area (Å²) in [5.41, 5.74) is -1.27. The molecule has 0 radical (unpaired) electrons. The van der Waals surface area contributed by atoms with Crippen molar-refractivity contribution in [3.8, 4) is 0 Å². The maximum Gasteiger partial charge on any atom is 0.341 e. The Labute approximate surface area is 92.1 Å². The molecule has 1 aliphatic rings. The third kappa shape index (κ3) is 1.40. The first-order valence-electron chi connectivity index (χ1n) is 5.42.